The number of allylic oxidation sites excluding steroid dienone is 1. The molecule has 0 aromatic carbocycles. The van der Waals surface area contributed by atoms with Gasteiger partial charge in [0.05, 0.1) is 12.4 Å². The van der Waals surface area contributed by atoms with Gasteiger partial charge < -0.3 is 4.74 Å². The zero-order valence-corrected chi connectivity index (χ0v) is 8.32. The molecule has 2 nitrogen and oxygen atoms in total. The number of carbonyl (C=O) groups is 1. The number of carbonyl (C=O) groups excluding carboxylic acids is 1. The van der Waals surface area contributed by atoms with Crippen molar-refractivity contribution >= 4 is 17.5 Å². The summed E-state index contributed by atoms with van der Waals surface area (Å²) in [6.07, 6.45) is 3.24. The molecule has 68 valence electrons. The lowest BCUT2D eigenvalue weighted by atomic mass is 10.1. The third-order valence-corrected chi connectivity index (χ3v) is 3.04. The molecular weight excluding hydrogens is 172 g/mol. The zero-order chi connectivity index (χ0) is 8.97. The summed E-state index contributed by atoms with van der Waals surface area (Å²) in [6.45, 7) is 2.13. The number of hydrogen-bond donors (Lipinski definition) is 0. The maximum Gasteiger partial charge on any atom is 0.211 e. The van der Waals surface area contributed by atoms with Crippen molar-refractivity contribution in [2.75, 3.05) is 7.11 Å². The molecule has 0 amide bonds. The average molecular weight is 186 g/mol. The van der Waals surface area contributed by atoms with E-state index in [9.17, 15) is 4.79 Å². The summed E-state index contributed by atoms with van der Waals surface area (Å²) in [4.78, 5) is 11.4. The van der Waals surface area contributed by atoms with Gasteiger partial charge in [0.1, 0.15) is 0 Å². The van der Waals surface area contributed by atoms with Gasteiger partial charge in [-0.3, -0.25) is 4.79 Å². The normalized spacial score (nSPS) is 22.7. The van der Waals surface area contributed by atoms with Crippen molar-refractivity contribution in [3.05, 3.63) is 11.2 Å². The fourth-order valence-electron chi connectivity index (χ4n) is 1.16. The molecule has 12 heavy (non-hydrogen) atoms. The summed E-state index contributed by atoms with van der Waals surface area (Å²) >= 11 is 1.59. The van der Waals surface area contributed by atoms with Crippen molar-refractivity contribution in [1.82, 2.24) is 0 Å². The third-order valence-electron chi connectivity index (χ3n) is 1.91. The lowest BCUT2D eigenvalue weighted by molar-refractivity contribution is -0.117. The van der Waals surface area contributed by atoms with Crippen LogP contribution < -0.4 is 0 Å². The number of ketones is 1. The molecule has 0 fully saturated rings. The summed E-state index contributed by atoms with van der Waals surface area (Å²) in [5, 5.41) is 1.95. The standard InChI is InChI=1S/C9H14O2S/c1-3-4-5-8-9(10)7(11-2)6-12-8/h6,8H,3-5H2,1-2H3. The number of ether oxygens (including phenoxy) is 1. The van der Waals surface area contributed by atoms with E-state index >= 15 is 0 Å². The molecule has 0 radical (unpaired) electrons. The molecule has 1 atom stereocenters. The molecule has 0 saturated heterocycles. The predicted molar refractivity (Wildman–Crippen MR) is 51.0 cm³/mol. The number of thioether (sulfide) groups is 1. The van der Waals surface area contributed by atoms with Crippen LogP contribution in [0.1, 0.15) is 26.2 Å². The maximum atomic E-state index is 11.4. The van der Waals surface area contributed by atoms with E-state index in [-0.39, 0.29) is 11.0 Å². The minimum absolute atomic E-state index is 0.125. The number of rotatable bonds is 4. The highest BCUT2D eigenvalue weighted by atomic mass is 32.2. The summed E-state index contributed by atoms with van der Waals surface area (Å²) in [6, 6.07) is 0. The smallest absolute Gasteiger partial charge is 0.211 e. The second-order valence-corrected chi connectivity index (χ2v) is 3.89. The topological polar surface area (TPSA) is 26.3 Å². The van der Waals surface area contributed by atoms with Gasteiger partial charge in [-0.2, -0.15) is 0 Å². The average Bonchev–Trinajstić information content (AvgIpc) is 2.43. The second-order valence-electron chi connectivity index (χ2n) is 2.82. The first-order chi connectivity index (χ1) is 5.79. The van der Waals surface area contributed by atoms with E-state index in [4.69, 9.17) is 4.74 Å². The SMILES string of the molecule is CCCCC1SC=C(OC)C1=O. The van der Waals surface area contributed by atoms with Gasteiger partial charge in [0.15, 0.2) is 5.76 Å². The van der Waals surface area contributed by atoms with Crippen molar-refractivity contribution in [1.29, 1.82) is 0 Å². The van der Waals surface area contributed by atoms with Crippen LogP contribution >= 0.6 is 11.8 Å². The molecule has 0 saturated carbocycles. The summed E-state index contributed by atoms with van der Waals surface area (Å²) in [5.74, 6) is 0.692. The summed E-state index contributed by atoms with van der Waals surface area (Å²) in [5.41, 5.74) is 0. The minimum Gasteiger partial charge on any atom is -0.492 e. The monoisotopic (exact) mass is 186 g/mol. The predicted octanol–water partition coefficient (Wildman–Crippen LogP) is 2.35. The third kappa shape index (κ3) is 2.03. The highest BCUT2D eigenvalue weighted by molar-refractivity contribution is 8.04. The quantitative estimate of drug-likeness (QED) is 0.674. The van der Waals surface area contributed by atoms with Crippen LogP contribution in [0.2, 0.25) is 0 Å². The highest BCUT2D eigenvalue weighted by Gasteiger charge is 2.27. The maximum absolute atomic E-state index is 11.4. The van der Waals surface area contributed by atoms with Gasteiger partial charge in [0.25, 0.3) is 0 Å². The van der Waals surface area contributed by atoms with E-state index in [1.165, 1.54) is 0 Å². The molecule has 1 aliphatic rings. The first-order valence-corrected chi connectivity index (χ1v) is 5.17. The zero-order valence-electron chi connectivity index (χ0n) is 7.50. The summed E-state index contributed by atoms with van der Waals surface area (Å²) < 4.78 is 4.92. The number of methoxy groups -OCH3 is 1. The molecule has 1 aliphatic heterocycles. The lowest BCUT2D eigenvalue weighted by Gasteiger charge is -2.05. The molecule has 0 aliphatic carbocycles. The van der Waals surface area contributed by atoms with Crippen molar-refractivity contribution in [3.63, 3.8) is 0 Å². The molecule has 1 heterocycles. The minimum atomic E-state index is 0.125. The van der Waals surface area contributed by atoms with E-state index in [1.54, 1.807) is 18.9 Å². The molecule has 3 heteroatoms. The van der Waals surface area contributed by atoms with E-state index < -0.39 is 0 Å². The van der Waals surface area contributed by atoms with Crippen LogP contribution in [0.4, 0.5) is 0 Å². The van der Waals surface area contributed by atoms with Crippen molar-refractivity contribution in [2.45, 2.75) is 31.4 Å². The molecule has 0 aromatic rings. The van der Waals surface area contributed by atoms with Gasteiger partial charge in [0.2, 0.25) is 5.78 Å². The first-order valence-electron chi connectivity index (χ1n) is 4.23. The fraction of sp³-hybridized carbons (Fsp3) is 0.667. The van der Waals surface area contributed by atoms with Crippen LogP contribution in [-0.2, 0) is 9.53 Å². The Kier molecular flexibility index (Phi) is 3.66. The Hall–Kier alpha value is -0.440. The van der Waals surface area contributed by atoms with Gasteiger partial charge in [-0.25, -0.2) is 0 Å². The van der Waals surface area contributed by atoms with Gasteiger partial charge >= 0.3 is 0 Å². The van der Waals surface area contributed by atoms with Crippen molar-refractivity contribution in [2.24, 2.45) is 0 Å². The van der Waals surface area contributed by atoms with Gasteiger partial charge in [-0.15, -0.1) is 11.8 Å². The Labute approximate surface area is 77.4 Å². The highest BCUT2D eigenvalue weighted by Crippen LogP contribution is 2.30. The molecular formula is C9H14O2S. The molecule has 0 N–H and O–H groups in total. The number of hydrogen-bond acceptors (Lipinski definition) is 3. The van der Waals surface area contributed by atoms with Crippen LogP contribution in [0.3, 0.4) is 0 Å². The van der Waals surface area contributed by atoms with Crippen LogP contribution in [0.15, 0.2) is 11.2 Å². The lowest BCUT2D eigenvalue weighted by Crippen LogP contribution is -2.14. The van der Waals surface area contributed by atoms with E-state index in [0.29, 0.717) is 5.76 Å². The largest absolute Gasteiger partial charge is 0.492 e. The van der Waals surface area contributed by atoms with Gasteiger partial charge in [-0.1, -0.05) is 19.8 Å². The Morgan fingerprint density at radius 3 is 2.92 bits per heavy atom. The molecule has 0 spiro atoms. The Morgan fingerprint density at radius 1 is 1.67 bits per heavy atom. The Balaban J connectivity index is 2.39. The van der Waals surface area contributed by atoms with E-state index in [1.807, 2.05) is 5.41 Å². The van der Waals surface area contributed by atoms with Crippen LogP contribution in [0.25, 0.3) is 0 Å². The van der Waals surface area contributed by atoms with Crippen molar-refractivity contribution < 1.29 is 9.53 Å². The van der Waals surface area contributed by atoms with Gasteiger partial charge in [-0.05, 0) is 6.42 Å². The molecule has 0 bridgehead atoms. The number of Topliss-reactive ketones (excluding diaryl/α,β-unsaturated/α-hetero) is 1. The van der Waals surface area contributed by atoms with Crippen molar-refractivity contribution in [3.8, 4) is 0 Å². The van der Waals surface area contributed by atoms with Gasteiger partial charge in [0, 0.05) is 5.41 Å². The Bertz CT molecular complexity index is 199. The fourth-order valence-corrected chi connectivity index (χ4v) is 2.20. The molecule has 0 aromatic heterocycles. The first kappa shape index (κ1) is 9.65. The van der Waals surface area contributed by atoms with E-state index in [0.717, 1.165) is 19.3 Å². The van der Waals surface area contributed by atoms with Crippen LogP contribution in [-0.4, -0.2) is 18.1 Å². The molecule has 1 unspecified atom stereocenters. The van der Waals surface area contributed by atoms with Crippen LogP contribution in [0.5, 0.6) is 0 Å². The van der Waals surface area contributed by atoms with E-state index in [2.05, 4.69) is 6.92 Å². The van der Waals surface area contributed by atoms with Crippen LogP contribution in [0, 0.1) is 0 Å². The second kappa shape index (κ2) is 4.55. The summed E-state index contributed by atoms with van der Waals surface area (Å²) in [7, 11) is 1.55. The Morgan fingerprint density at radius 2 is 2.42 bits per heavy atom. The number of unbranched alkanes of at least 4 members (excludes halogenated alkanes) is 1. The molecule has 1 rings (SSSR count).